The summed E-state index contributed by atoms with van der Waals surface area (Å²) in [5.74, 6) is -0.106. The Morgan fingerprint density at radius 2 is 2.05 bits per heavy atom. The summed E-state index contributed by atoms with van der Waals surface area (Å²) in [7, 11) is 0. The second-order valence-electron chi connectivity index (χ2n) is 5.02. The average molecular weight is 346 g/mol. The summed E-state index contributed by atoms with van der Waals surface area (Å²) >= 11 is 9.35. The highest BCUT2D eigenvalue weighted by atomic mass is 79.9. The molecule has 1 fully saturated rings. The number of carbonyl (C=O) groups excluding carboxylic acids is 1. The van der Waals surface area contributed by atoms with Gasteiger partial charge in [-0.05, 0) is 47.0 Å². The van der Waals surface area contributed by atoms with E-state index in [2.05, 4.69) is 21.2 Å². The van der Waals surface area contributed by atoms with Crippen LogP contribution in [0.2, 0.25) is 5.02 Å². The molecule has 1 aromatic carbocycles. The fraction of sp³-hybridized carbons (Fsp3) is 0.500. The van der Waals surface area contributed by atoms with Crippen LogP contribution in [-0.2, 0) is 4.79 Å². The summed E-state index contributed by atoms with van der Waals surface area (Å²) < 4.78 is 0.826. The maximum atomic E-state index is 12.3. The van der Waals surface area contributed by atoms with Crippen LogP contribution in [0.3, 0.4) is 0 Å². The third-order valence-electron chi connectivity index (χ3n) is 3.59. The Hall–Kier alpha value is -0.580. The van der Waals surface area contributed by atoms with Gasteiger partial charge in [0.2, 0.25) is 5.91 Å². The van der Waals surface area contributed by atoms with Gasteiger partial charge in [-0.3, -0.25) is 4.79 Å². The van der Waals surface area contributed by atoms with Gasteiger partial charge >= 0.3 is 0 Å². The van der Waals surface area contributed by atoms with E-state index in [9.17, 15) is 4.79 Å². The van der Waals surface area contributed by atoms with Gasteiger partial charge in [-0.2, -0.15) is 0 Å². The normalized spacial score (nSPS) is 23.7. The smallest absolute Gasteiger partial charge is 0.229 e. The summed E-state index contributed by atoms with van der Waals surface area (Å²) in [5.41, 5.74) is 6.81. The molecule has 2 rings (SSSR count). The molecule has 0 bridgehead atoms. The number of anilines is 1. The van der Waals surface area contributed by atoms with Gasteiger partial charge in [0, 0.05) is 15.5 Å². The van der Waals surface area contributed by atoms with Gasteiger partial charge in [-0.1, -0.05) is 30.9 Å². The molecule has 0 spiro atoms. The van der Waals surface area contributed by atoms with E-state index in [4.69, 9.17) is 17.3 Å². The zero-order valence-corrected chi connectivity index (χ0v) is 13.0. The van der Waals surface area contributed by atoms with Gasteiger partial charge in [-0.15, -0.1) is 0 Å². The molecule has 0 aliphatic heterocycles. The molecule has 2 atom stereocenters. The molecule has 1 aromatic rings. The molecule has 1 aliphatic rings. The van der Waals surface area contributed by atoms with Gasteiger partial charge in [0.25, 0.3) is 0 Å². The summed E-state index contributed by atoms with van der Waals surface area (Å²) in [6, 6.07) is 5.30. The molecule has 104 valence electrons. The molecule has 1 saturated carbocycles. The van der Waals surface area contributed by atoms with Crippen molar-refractivity contribution in [3.63, 3.8) is 0 Å². The molecule has 5 heteroatoms. The molecule has 1 aliphatic carbocycles. The van der Waals surface area contributed by atoms with E-state index in [0.29, 0.717) is 10.7 Å². The van der Waals surface area contributed by atoms with Crippen LogP contribution >= 0.6 is 27.5 Å². The van der Waals surface area contributed by atoms with E-state index in [1.165, 1.54) is 6.42 Å². The van der Waals surface area contributed by atoms with E-state index < -0.39 is 0 Å². The zero-order valence-electron chi connectivity index (χ0n) is 10.7. The lowest BCUT2D eigenvalue weighted by atomic mass is 9.94. The van der Waals surface area contributed by atoms with Crippen molar-refractivity contribution < 1.29 is 4.79 Å². The van der Waals surface area contributed by atoms with Crippen LogP contribution in [0.1, 0.15) is 32.1 Å². The lowest BCUT2D eigenvalue weighted by Crippen LogP contribution is -2.37. The fourth-order valence-electron chi connectivity index (χ4n) is 2.48. The van der Waals surface area contributed by atoms with Crippen LogP contribution in [0, 0.1) is 5.92 Å². The highest BCUT2D eigenvalue weighted by molar-refractivity contribution is 9.10. The van der Waals surface area contributed by atoms with Crippen LogP contribution in [-0.4, -0.2) is 11.9 Å². The second-order valence-corrected chi connectivity index (χ2v) is 6.31. The first-order valence-corrected chi connectivity index (χ1v) is 7.76. The SMILES string of the molecule is NC1CCCCCC1C(=O)Nc1cc(Cl)ccc1Br. The van der Waals surface area contributed by atoms with Gasteiger partial charge in [0.1, 0.15) is 0 Å². The molecule has 1 amide bonds. The lowest BCUT2D eigenvalue weighted by Gasteiger charge is -2.21. The van der Waals surface area contributed by atoms with Crippen molar-refractivity contribution in [1.29, 1.82) is 0 Å². The predicted octanol–water partition coefficient (Wildman–Crippen LogP) is 3.95. The maximum Gasteiger partial charge on any atom is 0.229 e. The summed E-state index contributed by atoms with van der Waals surface area (Å²) in [4.78, 5) is 12.3. The van der Waals surface area contributed by atoms with Gasteiger partial charge in [0.15, 0.2) is 0 Å². The Balaban J connectivity index is 2.09. The Labute approximate surface area is 127 Å². The molecule has 0 radical (unpaired) electrons. The van der Waals surface area contributed by atoms with Gasteiger partial charge < -0.3 is 11.1 Å². The Kier molecular flexibility index (Phi) is 5.25. The van der Waals surface area contributed by atoms with Crippen molar-refractivity contribution in [3.05, 3.63) is 27.7 Å². The number of amides is 1. The van der Waals surface area contributed by atoms with Crippen molar-refractivity contribution in [2.75, 3.05) is 5.32 Å². The molecule has 0 saturated heterocycles. The Morgan fingerprint density at radius 1 is 1.32 bits per heavy atom. The topological polar surface area (TPSA) is 55.1 Å². The molecular formula is C14H18BrClN2O. The van der Waals surface area contributed by atoms with Crippen molar-refractivity contribution in [3.8, 4) is 0 Å². The first kappa shape index (κ1) is 14.8. The van der Waals surface area contributed by atoms with Crippen molar-refractivity contribution >= 4 is 39.1 Å². The minimum Gasteiger partial charge on any atom is -0.327 e. The third kappa shape index (κ3) is 3.94. The van der Waals surface area contributed by atoms with Crippen molar-refractivity contribution in [2.24, 2.45) is 11.7 Å². The van der Waals surface area contributed by atoms with E-state index in [1.54, 1.807) is 12.1 Å². The Bertz CT molecular complexity index is 467. The minimum atomic E-state index is -0.103. The van der Waals surface area contributed by atoms with Crippen molar-refractivity contribution in [1.82, 2.24) is 0 Å². The second kappa shape index (κ2) is 6.73. The number of halogens is 2. The number of nitrogens with one attached hydrogen (secondary N) is 1. The van der Waals surface area contributed by atoms with Crippen LogP contribution in [0.4, 0.5) is 5.69 Å². The van der Waals surface area contributed by atoms with E-state index >= 15 is 0 Å². The van der Waals surface area contributed by atoms with Crippen LogP contribution in [0.25, 0.3) is 0 Å². The number of benzene rings is 1. The molecular weight excluding hydrogens is 328 g/mol. The average Bonchev–Trinajstić information content (AvgIpc) is 2.58. The van der Waals surface area contributed by atoms with E-state index in [1.807, 2.05) is 6.07 Å². The number of hydrogen-bond donors (Lipinski definition) is 2. The fourth-order valence-corrected chi connectivity index (χ4v) is 3.00. The molecule has 0 heterocycles. The summed E-state index contributed by atoms with van der Waals surface area (Å²) in [6.45, 7) is 0. The number of hydrogen-bond acceptors (Lipinski definition) is 2. The first-order chi connectivity index (χ1) is 9.08. The van der Waals surface area contributed by atoms with E-state index in [-0.39, 0.29) is 17.9 Å². The highest BCUT2D eigenvalue weighted by Crippen LogP contribution is 2.28. The summed E-state index contributed by atoms with van der Waals surface area (Å²) in [6.07, 6.45) is 5.15. The Morgan fingerprint density at radius 3 is 2.84 bits per heavy atom. The number of carbonyl (C=O) groups is 1. The predicted molar refractivity (Wildman–Crippen MR) is 82.3 cm³/mol. The third-order valence-corrected chi connectivity index (χ3v) is 4.52. The van der Waals surface area contributed by atoms with Crippen LogP contribution in [0.15, 0.2) is 22.7 Å². The van der Waals surface area contributed by atoms with Crippen LogP contribution < -0.4 is 11.1 Å². The standard InChI is InChI=1S/C14H18BrClN2O/c15-11-7-6-9(16)8-13(11)18-14(19)10-4-2-1-3-5-12(10)17/h6-8,10,12H,1-5,17H2,(H,18,19). The zero-order chi connectivity index (χ0) is 13.8. The maximum absolute atomic E-state index is 12.3. The molecule has 3 N–H and O–H groups in total. The highest BCUT2D eigenvalue weighted by Gasteiger charge is 2.27. The largest absolute Gasteiger partial charge is 0.327 e. The monoisotopic (exact) mass is 344 g/mol. The van der Waals surface area contributed by atoms with E-state index in [0.717, 1.165) is 30.2 Å². The molecule has 3 nitrogen and oxygen atoms in total. The molecule has 2 unspecified atom stereocenters. The molecule has 0 aromatic heterocycles. The number of nitrogens with two attached hydrogens (primary N) is 1. The van der Waals surface area contributed by atoms with Crippen molar-refractivity contribution in [2.45, 2.75) is 38.1 Å². The van der Waals surface area contributed by atoms with Gasteiger partial charge in [0.05, 0.1) is 11.6 Å². The van der Waals surface area contributed by atoms with Gasteiger partial charge in [-0.25, -0.2) is 0 Å². The number of rotatable bonds is 2. The minimum absolute atomic E-state index is 0.00244. The van der Waals surface area contributed by atoms with Crippen LogP contribution in [0.5, 0.6) is 0 Å². The lowest BCUT2D eigenvalue weighted by molar-refractivity contribution is -0.120. The molecule has 19 heavy (non-hydrogen) atoms. The first-order valence-electron chi connectivity index (χ1n) is 6.59. The summed E-state index contributed by atoms with van der Waals surface area (Å²) in [5, 5.41) is 3.53. The quantitative estimate of drug-likeness (QED) is 0.797.